The minimum atomic E-state index is -0.592. The van der Waals surface area contributed by atoms with Crippen LogP contribution < -0.4 is 21.9 Å². The molecule has 2 atom stereocenters. The molecule has 0 saturated heterocycles. The van der Waals surface area contributed by atoms with Crippen LogP contribution in [0.15, 0.2) is 58.6 Å². The number of aliphatic imine (C=N–C) groups is 1. The van der Waals surface area contributed by atoms with Gasteiger partial charge in [0.1, 0.15) is 23.4 Å². The molecule has 0 saturated carbocycles. The molecule has 0 spiro atoms. The molecule has 0 aliphatic carbocycles. The number of thioether (sulfide) groups is 1. The molecule has 39 heavy (non-hydrogen) atoms. The number of carbonyl (C=O) groups excluding carboxylic acids is 1. The fourth-order valence-electron chi connectivity index (χ4n) is 4.78. The number of benzene rings is 1. The molecule has 0 radical (unpaired) electrons. The van der Waals surface area contributed by atoms with Crippen LogP contribution in [0.4, 0.5) is 11.5 Å². The second-order valence-electron chi connectivity index (χ2n) is 9.35. The van der Waals surface area contributed by atoms with Gasteiger partial charge < -0.3 is 16.4 Å². The third kappa shape index (κ3) is 5.69. The van der Waals surface area contributed by atoms with E-state index in [4.69, 9.17) is 5.73 Å². The van der Waals surface area contributed by atoms with Crippen LogP contribution >= 0.6 is 23.1 Å². The Morgan fingerprint density at radius 3 is 2.79 bits per heavy atom. The number of aromatic nitrogens is 3. The van der Waals surface area contributed by atoms with Crippen molar-refractivity contribution < 1.29 is 4.79 Å². The van der Waals surface area contributed by atoms with Crippen molar-refractivity contribution in [3.8, 4) is 0 Å². The predicted octanol–water partition coefficient (Wildman–Crippen LogP) is 4.54. The first kappa shape index (κ1) is 26.9. The lowest BCUT2D eigenvalue weighted by molar-refractivity contribution is -0.124. The molecular weight excluding hydrogens is 530 g/mol. The van der Waals surface area contributed by atoms with E-state index >= 15 is 0 Å². The van der Waals surface area contributed by atoms with Crippen LogP contribution in [0.5, 0.6) is 0 Å². The summed E-state index contributed by atoms with van der Waals surface area (Å²) < 4.78 is 2.56. The summed E-state index contributed by atoms with van der Waals surface area (Å²) in [6.45, 7) is 4.48. The second kappa shape index (κ2) is 11.6. The minimum absolute atomic E-state index is 0.127. The number of amides is 1. The lowest BCUT2D eigenvalue weighted by atomic mass is 10.1. The molecule has 3 aromatic heterocycles. The van der Waals surface area contributed by atoms with Crippen molar-refractivity contribution in [3.63, 3.8) is 0 Å². The molecule has 1 amide bonds. The topological polar surface area (TPSA) is 127 Å². The molecule has 5 rings (SSSR count). The van der Waals surface area contributed by atoms with Crippen molar-refractivity contribution >= 4 is 55.6 Å². The number of pyridine rings is 1. The Balaban J connectivity index is 1.28. The predicted molar refractivity (Wildman–Crippen MR) is 161 cm³/mol. The monoisotopic (exact) mass is 561 g/mol. The van der Waals surface area contributed by atoms with Crippen LogP contribution in [0.1, 0.15) is 54.2 Å². The fraction of sp³-hybridized carbons (Fsp3) is 0.321. The summed E-state index contributed by atoms with van der Waals surface area (Å²) in [4.78, 5) is 40.6. The highest BCUT2D eigenvalue weighted by molar-refractivity contribution is 8.14. The Labute approximate surface area is 235 Å². The van der Waals surface area contributed by atoms with Crippen molar-refractivity contribution in [2.45, 2.75) is 45.3 Å². The van der Waals surface area contributed by atoms with Gasteiger partial charge in [0.2, 0.25) is 5.91 Å². The Bertz CT molecular complexity index is 1590. The fourth-order valence-corrected chi connectivity index (χ4v) is 6.51. The number of nitrogens with zero attached hydrogens (tertiary/aromatic N) is 4. The van der Waals surface area contributed by atoms with E-state index in [2.05, 4.69) is 44.7 Å². The lowest BCUT2D eigenvalue weighted by Gasteiger charge is -2.18. The van der Waals surface area contributed by atoms with Gasteiger partial charge in [-0.05, 0) is 36.8 Å². The molecule has 0 fully saturated rings. The van der Waals surface area contributed by atoms with Gasteiger partial charge in [-0.2, -0.15) is 0 Å². The summed E-state index contributed by atoms with van der Waals surface area (Å²) in [6.07, 6.45) is 4.43. The van der Waals surface area contributed by atoms with Crippen LogP contribution in [0, 0.1) is 0 Å². The molecule has 9 nitrogen and oxygen atoms in total. The van der Waals surface area contributed by atoms with E-state index in [9.17, 15) is 9.59 Å². The summed E-state index contributed by atoms with van der Waals surface area (Å²) in [5.74, 6) is 1.87. The number of nitrogen functional groups attached to an aromatic ring is 1. The molecule has 4 heterocycles. The van der Waals surface area contributed by atoms with Crippen LogP contribution in [-0.2, 0) is 17.8 Å². The van der Waals surface area contributed by atoms with Crippen molar-refractivity contribution in [2.75, 3.05) is 23.9 Å². The van der Waals surface area contributed by atoms with Crippen LogP contribution in [-0.4, -0.2) is 38.3 Å². The number of nitrogens with one attached hydrogen (secondary N) is 2. The molecule has 11 heteroatoms. The third-order valence-electron chi connectivity index (χ3n) is 6.75. The summed E-state index contributed by atoms with van der Waals surface area (Å²) in [5.41, 5.74) is 8.04. The smallest absolute Gasteiger partial charge is 0.277 e. The van der Waals surface area contributed by atoms with Crippen LogP contribution in [0.25, 0.3) is 10.1 Å². The molecule has 2 unspecified atom stereocenters. The van der Waals surface area contributed by atoms with Gasteiger partial charge in [-0.1, -0.05) is 31.2 Å². The number of rotatable bonds is 8. The largest absolute Gasteiger partial charge is 0.384 e. The first-order chi connectivity index (χ1) is 18.9. The van der Waals surface area contributed by atoms with Crippen molar-refractivity contribution in [1.82, 2.24) is 19.9 Å². The highest BCUT2D eigenvalue weighted by Gasteiger charge is 2.31. The van der Waals surface area contributed by atoms with Gasteiger partial charge in [0.25, 0.3) is 5.56 Å². The lowest BCUT2D eigenvalue weighted by Crippen LogP contribution is -2.36. The van der Waals surface area contributed by atoms with E-state index in [1.54, 1.807) is 42.5 Å². The summed E-state index contributed by atoms with van der Waals surface area (Å²) >= 11 is 3.27. The van der Waals surface area contributed by atoms with Gasteiger partial charge in [0, 0.05) is 46.2 Å². The van der Waals surface area contributed by atoms with Crippen molar-refractivity contribution in [3.05, 3.63) is 81.0 Å². The first-order valence-corrected chi connectivity index (χ1v) is 14.7. The number of fused-ring (bicyclic) bond motifs is 2. The van der Waals surface area contributed by atoms with Gasteiger partial charge >= 0.3 is 0 Å². The molecule has 1 aliphatic heterocycles. The average Bonchev–Trinajstić information content (AvgIpc) is 3.56. The third-order valence-corrected chi connectivity index (χ3v) is 8.83. The number of thiophene rings is 1. The standard InChI is InChI=1S/C28H31N7O2S2/c1-4-38-27(30-3)18-7-5-17(6-8-18)16(2)34-21-15-32-25-10-9-22(35(25)28(21)37)26(36)33-14-20-11-19-13-31-24(29)12-23(19)39-20/h5-8,11-13,15-16,22,34H,4,9-10,14H2,1-3H3,(H2,29,31)(H,33,36). The number of nitrogens with two attached hydrogens (primary N) is 1. The van der Waals surface area contributed by atoms with Crippen molar-refractivity contribution in [2.24, 2.45) is 4.99 Å². The second-order valence-corrected chi connectivity index (χ2v) is 11.8. The Hall–Kier alpha value is -3.70. The molecule has 4 N–H and O–H groups in total. The zero-order valence-corrected chi connectivity index (χ0v) is 23.7. The molecule has 1 aromatic carbocycles. The Kier molecular flexibility index (Phi) is 7.99. The summed E-state index contributed by atoms with van der Waals surface area (Å²) in [6, 6.07) is 11.3. The zero-order valence-electron chi connectivity index (χ0n) is 22.1. The van der Waals surface area contributed by atoms with Gasteiger partial charge in [-0.3, -0.25) is 19.1 Å². The van der Waals surface area contributed by atoms with E-state index in [-0.39, 0.29) is 17.5 Å². The maximum absolute atomic E-state index is 13.5. The number of anilines is 2. The number of carbonyl (C=O) groups is 1. The van der Waals surface area contributed by atoms with E-state index in [1.165, 1.54) is 4.57 Å². The highest BCUT2D eigenvalue weighted by atomic mass is 32.2. The zero-order chi connectivity index (χ0) is 27.5. The average molecular weight is 562 g/mol. The van der Waals surface area contributed by atoms with Gasteiger partial charge in [-0.15, -0.1) is 23.1 Å². The number of hydrogen-bond donors (Lipinski definition) is 3. The summed E-state index contributed by atoms with van der Waals surface area (Å²) in [5, 5.41) is 8.30. The van der Waals surface area contributed by atoms with E-state index in [0.29, 0.717) is 36.7 Å². The number of aryl methyl sites for hydroxylation is 1. The quantitative estimate of drug-likeness (QED) is 0.213. The number of hydrogen-bond acceptors (Lipinski definition) is 9. The Morgan fingerprint density at radius 2 is 2.05 bits per heavy atom. The van der Waals surface area contributed by atoms with E-state index in [1.807, 2.05) is 31.2 Å². The van der Waals surface area contributed by atoms with Gasteiger partial charge in [-0.25, -0.2) is 9.97 Å². The Morgan fingerprint density at radius 1 is 1.26 bits per heavy atom. The first-order valence-electron chi connectivity index (χ1n) is 12.9. The maximum atomic E-state index is 13.5. The minimum Gasteiger partial charge on any atom is -0.384 e. The summed E-state index contributed by atoms with van der Waals surface area (Å²) in [7, 11) is 1.80. The van der Waals surface area contributed by atoms with Gasteiger partial charge in [0.15, 0.2) is 0 Å². The van der Waals surface area contributed by atoms with Crippen LogP contribution in [0.2, 0.25) is 0 Å². The molecule has 202 valence electrons. The highest BCUT2D eigenvalue weighted by Crippen LogP contribution is 2.28. The molecule has 1 aliphatic rings. The molecular formula is C28H31N7O2S2. The molecule has 4 aromatic rings. The SMILES string of the molecule is CCSC(=NC)c1ccc(C(C)Nc2cnc3n(c2=O)C(C(=O)NCc2cc4cnc(N)cc4s2)CC3)cc1. The van der Waals surface area contributed by atoms with E-state index in [0.717, 1.165) is 36.9 Å². The molecule has 0 bridgehead atoms. The van der Waals surface area contributed by atoms with Gasteiger partial charge in [0.05, 0.1) is 17.8 Å². The van der Waals surface area contributed by atoms with E-state index < -0.39 is 6.04 Å². The normalized spacial score (nSPS) is 15.8. The van der Waals surface area contributed by atoms with Crippen LogP contribution in [0.3, 0.4) is 0 Å². The maximum Gasteiger partial charge on any atom is 0.277 e. The van der Waals surface area contributed by atoms with Crippen molar-refractivity contribution in [1.29, 1.82) is 0 Å².